The highest BCUT2D eigenvalue weighted by Crippen LogP contribution is 2.19. The van der Waals surface area contributed by atoms with Crippen LogP contribution in [0.5, 0.6) is 0 Å². The minimum Gasteiger partial charge on any atom is -0.389 e. The molecule has 2 aromatic rings. The summed E-state index contributed by atoms with van der Waals surface area (Å²) in [5.74, 6) is 0.506. The summed E-state index contributed by atoms with van der Waals surface area (Å²) in [6, 6.07) is 6.98. The van der Waals surface area contributed by atoms with Gasteiger partial charge in [0.05, 0.1) is 32.4 Å². The van der Waals surface area contributed by atoms with E-state index in [0.29, 0.717) is 31.2 Å². The first-order chi connectivity index (χ1) is 11.7. The van der Waals surface area contributed by atoms with Crippen molar-refractivity contribution >= 4 is 11.7 Å². The number of tetrazole rings is 1. The van der Waals surface area contributed by atoms with Crippen molar-refractivity contribution in [3.05, 3.63) is 24.3 Å². The Morgan fingerprint density at radius 3 is 3.17 bits per heavy atom. The summed E-state index contributed by atoms with van der Waals surface area (Å²) in [6.07, 6.45) is -0.669. The minimum absolute atomic E-state index is 0.248. The van der Waals surface area contributed by atoms with Crippen molar-refractivity contribution in [2.45, 2.75) is 19.6 Å². The van der Waals surface area contributed by atoms with E-state index in [1.165, 1.54) is 9.70 Å². The van der Waals surface area contributed by atoms with Gasteiger partial charge in [-0.05, 0) is 24.3 Å². The van der Waals surface area contributed by atoms with Crippen LogP contribution in [-0.2, 0) is 11.3 Å². The van der Waals surface area contributed by atoms with Crippen LogP contribution in [0.25, 0.3) is 11.4 Å². The lowest BCUT2D eigenvalue weighted by molar-refractivity contribution is 0.0575. The van der Waals surface area contributed by atoms with E-state index < -0.39 is 6.10 Å². The number of β-amino-alcohol motifs (C(OH)–C–C–N with tert-alkyl or cyclic N) is 1. The number of nitrogens with zero attached hydrogens (tertiary/aromatic N) is 5. The highest BCUT2D eigenvalue weighted by atomic mass is 16.5. The van der Waals surface area contributed by atoms with Crippen LogP contribution >= 0.6 is 0 Å². The van der Waals surface area contributed by atoms with Crippen molar-refractivity contribution in [3.63, 3.8) is 0 Å². The van der Waals surface area contributed by atoms with Gasteiger partial charge in [-0.2, -0.15) is 4.80 Å². The van der Waals surface area contributed by atoms with Crippen molar-refractivity contribution < 1.29 is 14.6 Å². The molecule has 1 aromatic carbocycles. The van der Waals surface area contributed by atoms with Crippen LogP contribution in [-0.4, -0.2) is 68.7 Å². The van der Waals surface area contributed by atoms with Crippen LogP contribution in [0.2, 0.25) is 0 Å². The summed E-state index contributed by atoms with van der Waals surface area (Å²) in [7, 11) is 0. The number of amides is 2. The SMILES string of the molecule is CCn1nnc(-c2cccc(NC(=O)N3CCOC[C@@H](O)C3)c2)n1. The molecule has 1 aromatic heterocycles. The van der Waals surface area contributed by atoms with Crippen LogP contribution in [0.15, 0.2) is 24.3 Å². The molecule has 0 unspecified atom stereocenters. The first-order valence-corrected chi connectivity index (χ1v) is 7.85. The van der Waals surface area contributed by atoms with Gasteiger partial charge < -0.3 is 20.1 Å². The Labute approximate surface area is 139 Å². The molecule has 1 atom stereocenters. The number of aliphatic hydroxyl groups is 1. The average molecular weight is 332 g/mol. The predicted octanol–water partition coefficient (Wildman–Crippen LogP) is 0.585. The number of carbonyl (C=O) groups is 1. The Hall–Kier alpha value is -2.52. The molecule has 1 aliphatic heterocycles. The van der Waals surface area contributed by atoms with Gasteiger partial charge in [-0.1, -0.05) is 12.1 Å². The standard InChI is InChI=1S/C15H20N6O3/c1-2-21-18-14(17-19-21)11-4-3-5-12(8-11)16-15(23)20-6-7-24-10-13(22)9-20/h3-5,8,13,22H,2,6-7,9-10H2,1H3,(H,16,23)/t13-/m0/s1. The van der Waals surface area contributed by atoms with Crippen LogP contribution < -0.4 is 5.32 Å². The third-order valence-corrected chi connectivity index (χ3v) is 3.64. The molecule has 0 bridgehead atoms. The zero-order valence-corrected chi connectivity index (χ0v) is 13.4. The largest absolute Gasteiger partial charge is 0.389 e. The quantitative estimate of drug-likeness (QED) is 0.852. The van der Waals surface area contributed by atoms with Gasteiger partial charge in [0, 0.05) is 17.8 Å². The van der Waals surface area contributed by atoms with Crippen LogP contribution in [0, 0.1) is 0 Å². The monoisotopic (exact) mass is 332 g/mol. The van der Waals surface area contributed by atoms with Crippen LogP contribution in [0.3, 0.4) is 0 Å². The number of carbonyl (C=O) groups excluding carboxylic acids is 1. The molecule has 2 N–H and O–H groups in total. The summed E-state index contributed by atoms with van der Waals surface area (Å²) >= 11 is 0. The van der Waals surface area contributed by atoms with E-state index in [0.717, 1.165) is 5.56 Å². The van der Waals surface area contributed by atoms with E-state index >= 15 is 0 Å². The summed E-state index contributed by atoms with van der Waals surface area (Å²) in [5, 5.41) is 24.7. The second-order valence-corrected chi connectivity index (χ2v) is 5.49. The number of aromatic nitrogens is 4. The summed E-state index contributed by atoms with van der Waals surface area (Å²) in [6.45, 7) is 3.92. The molecule has 1 aliphatic rings. The van der Waals surface area contributed by atoms with Gasteiger partial charge in [0.1, 0.15) is 0 Å². The summed E-state index contributed by atoms with van der Waals surface area (Å²) in [4.78, 5) is 15.4. The van der Waals surface area contributed by atoms with E-state index in [9.17, 15) is 9.90 Å². The highest BCUT2D eigenvalue weighted by molar-refractivity contribution is 5.90. The molecule has 2 heterocycles. The van der Waals surface area contributed by atoms with Crippen LogP contribution in [0.4, 0.5) is 10.5 Å². The van der Waals surface area contributed by atoms with E-state index in [1.807, 2.05) is 19.1 Å². The molecular weight excluding hydrogens is 312 g/mol. The molecule has 9 nitrogen and oxygen atoms in total. The third-order valence-electron chi connectivity index (χ3n) is 3.64. The fourth-order valence-electron chi connectivity index (χ4n) is 2.41. The number of aliphatic hydroxyl groups excluding tert-OH is 1. The third kappa shape index (κ3) is 3.87. The number of ether oxygens (including phenoxy) is 1. The summed E-state index contributed by atoms with van der Waals surface area (Å²) in [5.41, 5.74) is 1.40. The lowest BCUT2D eigenvalue weighted by Crippen LogP contribution is -2.40. The number of aryl methyl sites for hydroxylation is 1. The zero-order chi connectivity index (χ0) is 16.9. The van der Waals surface area contributed by atoms with Crippen LogP contribution in [0.1, 0.15) is 6.92 Å². The van der Waals surface area contributed by atoms with Gasteiger partial charge in [-0.25, -0.2) is 4.79 Å². The number of hydrogen-bond acceptors (Lipinski definition) is 6. The van der Waals surface area contributed by atoms with Gasteiger partial charge in [-0.15, -0.1) is 10.2 Å². The number of urea groups is 1. The highest BCUT2D eigenvalue weighted by Gasteiger charge is 2.21. The fraction of sp³-hybridized carbons (Fsp3) is 0.467. The second kappa shape index (κ2) is 7.37. The molecule has 0 aliphatic carbocycles. The number of hydrogen-bond donors (Lipinski definition) is 2. The smallest absolute Gasteiger partial charge is 0.322 e. The Morgan fingerprint density at radius 1 is 1.50 bits per heavy atom. The lowest BCUT2D eigenvalue weighted by Gasteiger charge is -2.21. The molecule has 1 saturated heterocycles. The molecule has 2 amide bonds. The van der Waals surface area contributed by atoms with Gasteiger partial charge in [-0.3, -0.25) is 0 Å². The second-order valence-electron chi connectivity index (χ2n) is 5.49. The fourth-order valence-corrected chi connectivity index (χ4v) is 2.41. The Kier molecular flexibility index (Phi) is 5.02. The molecule has 0 spiro atoms. The molecule has 1 fully saturated rings. The molecule has 0 radical (unpaired) electrons. The molecule has 24 heavy (non-hydrogen) atoms. The Bertz CT molecular complexity index is 704. The first-order valence-electron chi connectivity index (χ1n) is 7.85. The van der Waals surface area contributed by atoms with E-state index in [4.69, 9.17) is 4.74 Å². The zero-order valence-electron chi connectivity index (χ0n) is 13.4. The molecule has 0 saturated carbocycles. The molecular formula is C15H20N6O3. The van der Waals surface area contributed by atoms with Gasteiger partial charge in [0.25, 0.3) is 0 Å². The molecule has 128 valence electrons. The van der Waals surface area contributed by atoms with Crippen molar-refractivity contribution in [1.82, 2.24) is 25.1 Å². The van der Waals surface area contributed by atoms with E-state index in [1.54, 1.807) is 12.1 Å². The predicted molar refractivity (Wildman–Crippen MR) is 86.3 cm³/mol. The summed E-state index contributed by atoms with van der Waals surface area (Å²) < 4.78 is 5.23. The van der Waals surface area contributed by atoms with E-state index in [2.05, 4.69) is 20.7 Å². The van der Waals surface area contributed by atoms with Gasteiger partial charge >= 0.3 is 6.03 Å². The number of rotatable bonds is 3. The maximum atomic E-state index is 12.4. The maximum Gasteiger partial charge on any atom is 0.322 e. The normalized spacial score (nSPS) is 18.2. The minimum atomic E-state index is -0.669. The Morgan fingerprint density at radius 2 is 2.38 bits per heavy atom. The lowest BCUT2D eigenvalue weighted by atomic mass is 10.2. The molecule has 3 rings (SSSR count). The van der Waals surface area contributed by atoms with Crippen molar-refractivity contribution in [2.24, 2.45) is 0 Å². The van der Waals surface area contributed by atoms with Crippen molar-refractivity contribution in [3.8, 4) is 11.4 Å². The topological polar surface area (TPSA) is 105 Å². The molecule has 9 heteroatoms. The van der Waals surface area contributed by atoms with E-state index in [-0.39, 0.29) is 19.2 Å². The number of anilines is 1. The number of nitrogens with one attached hydrogen (secondary N) is 1. The maximum absolute atomic E-state index is 12.4. The first kappa shape index (κ1) is 16.3. The Balaban J connectivity index is 1.70. The van der Waals surface area contributed by atoms with Gasteiger partial charge in [0.15, 0.2) is 0 Å². The van der Waals surface area contributed by atoms with Gasteiger partial charge in [0.2, 0.25) is 5.82 Å². The number of benzene rings is 1. The average Bonchev–Trinajstić information content (AvgIpc) is 2.96. The van der Waals surface area contributed by atoms with Crippen molar-refractivity contribution in [1.29, 1.82) is 0 Å². The van der Waals surface area contributed by atoms with Crippen molar-refractivity contribution in [2.75, 3.05) is 31.6 Å².